The molecule has 90 valence electrons. The molecule has 0 aliphatic carbocycles. The lowest BCUT2D eigenvalue weighted by molar-refractivity contribution is 0.530. The number of rotatable bonds is 4. The Hall–Kier alpha value is -1.49. The second-order valence-electron chi connectivity index (χ2n) is 3.67. The average molecular weight is 249 g/mol. The Kier molecular flexibility index (Phi) is 3.68. The third-order valence-electron chi connectivity index (χ3n) is 2.38. The van der Waals surface area contributed by atoms with E-state index in [-0.39, 0.29) is 0 Å². The Labute approximate surface area is 105 Å². The zero-order chi connectivity index (χ0) is 12.3. The van der Waals surface area contributed by atoms with Crippen LogP contribution in [0.5, 0.6) is 0 Å². The van der Waals surface area contributed by atoms with Crippen LogP contribution in [0.1, 0.15) is 17.1 Å². The van der Waals surface area contributed by atoms with Crippen molar-refractivity contribution in [1.82, 2.24) is 9.97 Å². The van der Waals surface area contributed by atoms with Gasteiger partial charge in [0.05, 0.1) is 12.0 Å². The van der Waals surface area contributed by atoms with Crippen LogP contribution in [0.4, 0.5) is 5.82 Å². The number of furan rings is 1. The molecule has 0 unspecified atom stereocenters. The number of thioether (sulfide) groups is 1. The van der Waals surface area contributed by atoms with Crippen molar-refractivity contribution in [3.05, 3.63) is 35.5 Å². The number of nitrogens with zero attached hydrogens (tertiary/aromatic N) is 2. The summed E-state index contributed by atoms with van der Waals surface area (Å²) in [5.74, 6) is 3.41. The monoisotopic (exact) mass is 249 g/mol. The number of anilines is 1. The summed E-state index contributed by atoms with van der Waals surface area (Å²) in [5, 5.41) is 4.08. The van der Waals surface area contributed by atoms with Crippen LogP contribution in [0.25, 0.3) is 0 Å². The molecule has 0 amide bonds. The molecule has 0 bridgehead atoms. The Morgan fingerprint density at radius 2 is 2.18 bits per heavy atom. The minimum atomic E-state index is 0.780. The van der Waals surface area contributed by atoms with Gasteiger partial charge in [-0.05, 0) is 26.0 Å². The number of aryl methyl sites for hydroxylation is 1. The van der Waals surface area contributed by atoms with Gasteiger partial charge < -0.3 is 9.73 Å². The molecule has 4 nitrogen and oxygen atoms in total. The van der Waals surface area contributed by atoms with E-state index in [1.165, 1.54) is 0 Å². The van der Waals surface area contributed by atoms with E-state index in [2.05, 4.69) is 15.3 Å². The van der Waals surface area contributed by atoms with Crippen LogP contribution in [0.15, 0.2) is 27.8 Å². The Balaban J connectivity index is 2.17. The van der Waals surface area contributed by atoms with Crippen LogP contribution in [-0.2, 0) is 5.75 Å². The molecule has 5 heteroatoms. The Morgan fingerprint density at radius 3 is 2.82 bits per heavy atom. The summed E-state index contributed by atoms with van der Waals surface area (Å²) in [4.78, 5) is 8.79. The Bertz CT molecular complexity index is 497. The van der Waals surface area contributed by atoms with Crippen LogP contribution < -0.4 is 5.32 Å². The maximum absolute atomic E-state index is 5.30. The van der Waals surface area contributed by atoms with Gasteiger partial charge in [-0.15, -0.1) is 0 Å². The van der Waals surface area contributed by atoms with Gasteiger partial charge in [0.2, 0.25) is 0 Å². The molecule has 1 N–H and O–H groups in total. The quantitative estimate of drug-likeness (QED) is 0.666. The summed E-state index contributed by atoms with van der Waals surface area (Å²) in [7, 11) is 1.87. The first-order valence-corrected chi connectivity index (χ1v) is 6.37. The van der Waals surface area contributed by atoms with Gasteiger partial charge in [-0.25, -0.2) is 9.97 Å². The molecule has 0 aliphatic rings. The van der Waals surface area contributed by atoms with E-state index in [9.17, 15) is 0 Å². The second-order valence-corrected chi connectivity index (χ2v) is 4.63. The largest absolute Gasteiger partial charge is 0.468 e. The zero-order valence-corrected chi connectivity index (χ0v) is 11.0. The first-order chi connectivity index (χ1) is 8.20. The highest BCUT2D eigenvalue weighted by Gasteiger charge is 2.09. The number of aromatic nitrogens is 2. The third kappa shape index (κ3) is 2.79. The van der Waals surface area contributed by atoms with Crippen molar-refractivity contribution in [3.63, 3.8) is 0 Å². The highest BCUT2D eigenvalue weighted by molar-refractivity contribution is 7.98. The fourth-order valence-corrected chi connectivity index (χ4v) is 2.47. The van der Waals surface area contributed by atoms with Crippen LogP contribution in [0, 0.1) is 13.8 Å². The maximum atomic E-state index is 5.30. The van der Waals surface area contributed by atoms with Crippen molar-refractivity contribution in [2.45, 2.75) is 24.6 Å². The van der Waals surface area contributed by atoms with Gasteiger partial charge in [0.1, 0.15) is 22.4 Å². The number of hydrogen-bond donors (Lipinski definition) is 1. The molecule has 2 heterocycles. The fourth-order valence-electron chi connectivity index (χ4n) is 1.52. The zero-order valence-electron chi connectivity index (χ0n) is 10.2. The van der Waals surface area contributed by atoms with E-state index >= 15 is 0 Å². The van der Waals surface area contributed by atoms with Crippen LogP contribution >= 0.6 is 11.8 Å². The topological polar surface area (TPSA) is 51.0 Å². The highest BCUT2D eigenvalue weighted by Crippen LogP contribution is 2.27. The van der Waals surface area contributed by atoms with Crippen molar-refractivity contribution < 1.29 is 4.42 Å². The van der Waals surface area contributed by atoms with Crippen molar-refractivity contribution >= 4 is 17.6 Å². The molecule has 2 aromatic rings. The van der Waals surface area contributed by atoms with Crippen LogP contribution in [0.2, 0.25) is 0 Å². The second kappa shape index (κ2) is 5.23. The molecule has 0 spiro atoms. The van der Waals surface area contributed by atoms with Crippen molar-refractivity contribution in [3.8, 4) is 0 Å². The molecule has 0 aliphatic heterocycles. The lowest BCUT2D eigenvalue weighted by atomic mass is 10.3. The molecule has 2 rings (SSSR count). The summed E-state index contributed by atoms with van der Waals surface area (Å²) in [6, 6.07) is 3.86. The molecule has 0 radical (unpaired) electrons. The van der Waals surface area contributed by atoms with Gasteiger partial charge in [-0.1, -0.05) is 11.8 Å². The van der Waals surface area contributed by atoms with Gasteiger partial charge in [-0.3, -0.25) is 0 Å². The summed E-state index contributed by atoms with van der Waals surface area (Å²) in [5.41, 5.74) is 1.08. The normalized spacial score (nSPS) is 10.5. The Morgan fingerprint density at radius 1 is 1.35 bits per heavy atom. The van der Waals surface area contributed by atoms with E-state index in [1.54, 1.807) is 18.0 Å². The molecule has 0 atom stereocenters. The SMILES string of the molecule is CNc1nc(C)nc(SCc2ccco2)c1C. The lowest BCUT2D eigenvalue weighted by Gasteiger charge is -2.09. The van der Waals surface area contributed by atoms with Crippen LogP contribution in [-0.4, -0.2) is 17.0 Å². The van der Waals surface area contributed by atoms with E-state index in [4.69, 9.17) is 4.42 Å². The van der Waals surface area contributed by atoms with Crippen molar-refractivity contribution in [2.75, 3.05) is 12.4 Å². The molecule has 0 saturated carbocycles. The predicted octanol–water partition coefficient (Wildman–Crippen LogP) is 3.02. The average Bonchev–Trinajstić information content (AvgIpc) is 2.82. The van der Waals surface area contributed by atoms with Crippen molar-refractivity contribution in [1.29, 1.82) is 0 Å². The maximum Gasteiger partial charge on any atom is 0.133 e. The van der Waals surface area contributed by atoms with Crippen LogP contribution in [0.3, 0.4) is 0 Å². The molecule has 2 aromatic heterocycles. The standard InChI is InChI=1S/C12H15N3OS/c1-8-11(13-3)14-9(2)15-12(8)17-7-10-5-4-6-16-10/h4-6H,7H2,1-3H3,(H,13,14,15). The molecule has 17 heavy (non-hydrogen) atoms. The molecule has 0 fully saturated rings. The summed E-state index contributed by atoms with van der Waals surface area (Å²) in [6.45, 7) is 3.92. The van der Waals surface area contributed by atoms with E-state index in [0.29, 0.717) is 0 Å². The number of hydrogen-bond acceptors (Lipinski definition) is 5. The van der Waals surface area contributed by atoms with Gasteiger partial charge in [0, 0.05) is 12.6 Å². The predicted molar refractivity (Wildman–Crippen MR) is 69.3 cm³/mol. The van der Waals surface area contributed by atoms with Gasteiger partial charge in [-0.2, -0.15) is 0 Å². The number of nitrogens with one attached hydrogen (secondary N) is 1. The smallest absolute Gasteiger partial charge is 0.133 e. The van der Waals surface area contributed by atoms with E-state index < -0.39 is 0 Å². The van der Waals surface area contributed by atoms with Crippen molar-refractivity contribution in [2.24, 2.45) is 0 Å². The summed E-state index contributed by atoms with van der Waals surface area (Å²) < 4.78 is 5.30. The van der Waals surface area contributed by atoms with E-state index in [1.807, 2.05) is 33.0 Å². The summed E-state index contributed by atoms with van der Waals surface area (Å²) in [6.07, 6.45) is 1.69. The summed E-state index contributed by atoms with van der Waals surface area (Å²) >= 11 is 1.66. The minimum absolute atomic E-state index is 0.780. The molecule has 0 saturated heterocycles. The molecule has 0 aromatic carbocycles. The van der Waals surface area contributed by atoms with Gasteiger partial charge in [0.15, 0.2) is 0 Å². The first-order valence-electron chi connectivity index (χ1n) is 5.39. The lowest BCUT2D eigenvalue weighted by Crippen LogP contribution is -2.02. The first kappa shape index (κ1) is 12.0. The fraction of sp³-hybridized carbons (Fsp3) is 0.333. The third-order valence-corrected chi connectivity index (χ3v) is 3.48. The van der Waals surface area contributed by atoms with Gasteiger partial charge in [0.25, 0.3) is 0 Å². The molecular formula is C12H15N3OS. The van der Waals surface area contributed by atoms with Gasteiger partial charge >= 0.3 is 0 Å². The highest BCUT2D eigenvalue weighted by atomic mass is 32.2. The molecular weight excluding hydrogens is 234 g/mol. The van der Waals surface area contributed by atoms with E-state index in [0.717, 1.165) is 33.7 Å². The minimum Gasteiger partial charge on any atom is -0.468 e.